The third-order valence-electron chi connectivity index (χ3n) is 3.35. The zero-order valence-corrected chi connectivity index (χ0v) is 10.2. The molecule has 18 heavy (non-hydrogen) atoms. The van der Waals surface area contributed by atoms with Crippen molar-refractivity contribution in [3.05, 3.63) is 24.2 Å². The highest BCUT2D eigenvalue weighted by atomic mass is 16.4. The number of hydrogen-bond donors (Lipinski definition) is 1. The van der Waals surface area contributed by atoms with Crippen LogP contribution in [0.2, 0.25) is 0 Å². The van der Waals surface area contributed by atoms with Crippen LogP contribution < -0.4 is 0 Å². The zero-order chi connectivity index (χ0) is 13.0. The van der Waals surface area contributed by atoms with Gasteiger partial charge >= 0.3 is 5.97 Å². The third kappa shape index (κ3) is 2.91. The van der Waals surface area contributed by atoms with Crippen LogP contribution in [0, 0.1) is 0 Å². The van der Waals surface area contributed by atoms with Crippen LogP contribution >= 0.6 is 0 Å². The van der Waals surface area contributed by atoms with Gasteiger partial charge in [-0.05, 0) is 31.7 Å². The lowest BCUT2D eigenvalue weighted by Crippen LogP contribution is -2.43. The zero-order valence-electron chi connectivity index (χ0n) is 10.2. The average Bonchev–Trinajstić information content (AvgIpc) is 2.89. The summed E-state index contributed by atoms with van der Waals surface area (Å²) in [5.41, 5.74) is 0.539. The predicted molar refractivity (Wildman–Crippen MR) is 64.3 cm³/mol. The van der Waals surface area contributed by atoms with Gasteiger partial charge in [0.05, 0.1) is 11.8 Å². The average molecular weight is 251 g/mol. The van der Waals surface area contributed by atoms with E-state index in [1.165, 1.54) is 12.5 Å². The number of carboxylic acids is 1. The number of hydrogen-bond acceptors (Lipinski definition) is 3. The largest absolute Gasteiger partial charge is 0.481 e. The molecule has 2 rings (SSSR count). The molecule has 5 heteroatoms. The molecule has 1 amide bonds. The van der Waals surface area contributed by atoms with Crippen LogP contribution in [0.15, 0.2) is 23.0 Å². The minimum absolute atomic E-state index is 0.0391. The molecule has 1 N–H and O–H groups in total. The van der Waals surface area contributed by atoms with Crippen LogP contribution in [0.4, 0.5) is 0 Å². The van der Waals surface area contributed by atoms with Gasteiger partial charge in [-0.3, -0.25) is 9.59 Å². The molecule has 1 aliphatic heterocycles. The number of carboxylic acid groups (broad SMARTS) is 1. The Morgan fingerprint density at radius 3 is 2.94 bits per heavy atom. The Labute approximate surface area is 105 Å². The predicted octanol–water partition coefficient (Wildman–Crippen LogP) is 2.14. The van der Waals surface area contributed by atoms with Crippen LogP contribution in [0.25, 0.3) is 0 Å². The van der Waals surface area contributed by atoms with Gasteiger partial charge in [-0.1, -0.05) is 0 Å². The van der Waals surface area contributed by atoms with E-state index in [-0.39, 0.29) is 18.4 Å². The number of aliphatic carboxylic acids is 1. The lowest BCUT2D eigenvalue weighted by atomic mass is 9.97. The fourth-order valence-electron chi connectivity index (χ4n) is 2.41. The number of nitrogens with zero attached hydrogens (tertiary/aromatic N) is 1. The molecule has 1 aliphatic rings. The van der Waals surface area contributed by atoms with Crippen LogP contribution in [-0.2, 0) is 4.79 Å². The highest BCUT2D eigenvalue weighted by Crippen LogP contribution is 2.23. The van der Waals surface area contributed by atoms with Crippen molar-refractivity contribution in [2.75, 3.05) is 6.54 Å². The summed E-state index contributed by atoms with van der Waals surface area (Å²) in [5, 5.41) is 8.73. The van der Waals surface area contributed by atoms with Crippen LogP contribution in [-0.4, -0.2) is 34.5 Å². The fourth-order valence-corrected chi connectivity index (χ4v) is 2.41. The molecule has 1 atom stereocenters. The van der Waals surface area contributed by atoms with Crippen molar-refractivity contribution in [1.82, 2.24) is 4.90 Å². The van der Waals surface area contributed by atoms with E-state index in [1.54, 1.807) is 11.0 Å². The lowest BCUT2D eigenvalue weighted by Gasteiger charge is -2.35. The topological polar surface area (TPSA) is 70.8 Å². The van der Waals surface area contributed by atoms with Gasteiger partial charge in [0.15, 0.2) is 0 Å². The fraction of sp³-hybridized carbons (Fsp3) is 0.538. The number of carbonyl (C=O) groups excluding carboxylic acids is 1. The molecule has 0 radical (unpaired) electrons. The molecule has 98 valence electrons. The van der Waals surface area contributed by atoms with Crippen LogP contribution in [0.3, 0.4) is 0 Å². The van der Waals surface area contributed by atoms with E-state index >= 15 is 0 Å². The van der Waals surface area contributed by atoms with E-state index in [9.17, 15) is 9.59 Å². The Morgan fingerprint density at radius 2 is 2.28 bits per heavy atom. The summed E-state index contributed by atoms with van der Waals surface area (Å²) in [5.74, 6) is -0.866. The van der Waals surface area contributed by atoms with Crippen LogP contribution in [0.1, 0.15) is 42.5 Å². The van der Waals surface area contributed by atoms with Gasteiger partial charge in [-0.2, -0.15) is 0 Å². The Balaban J connectivity index is 2.03. The molecule has 0 saturated carbocycles. The minimum Gasteiger partial charge on any atom is -0.481 e. The van der Waals surface area contributed by atoms with E-state index in [4.69, 9.17) is 9.52 Å². The van der Waals surface area contributed by atoms with Crippen LogP contribution in [0.5, 0.6) is 0 Å². The normalized spacial score (nSPS) is 19.8. The molecule has 1 fully saturated rings. The summed E-state index contributed by atoms with van der Waals surface area (Å²) in [4.78, 5) is 24.7. The molecule has 0 bridgehead atoms. The van der Waals surface area contributed by atoms with Gasteiger partial charge in [0.1, 0.15) is 6.26 Å². The second-order valence-corrected chi connectivity index (χ2v) is 4.59. The first-order valence-electron chi connectivity index (χ1n) is 6.23. The highest BCUT2D eigenvalue weighted by molar-refractivity contribution is 5.94. The molecular weight excluding hydrogens is 234 g/mol. The first-order chi connectivity index (χ1) is 8.68. The summed E-state index contributed by atoms with van der Waals surface area (Å²) in [6, 6.07) is 1.68. The molecule has 0 aliphatic carbocycles. The number of rotatable bonds is 4. The molecule has 0 spiro atoms. The SMILES string of the molecule is O=C(O)CCC1CCCCN1C(=O)c1ccoc1. The quantitative estimate of drug-likeness (QED) is 0.890. The van der Waals surface area contributed by atoms with Crippen molar-refractivity contribution in [2.24, 2.45) is 0 Å². The molecule has 1 aromatic rings. The second kappa shape index (κ2) is 5.71. The Bertz CT molecular complexity index is 413. The smallest absolute Gasteiger partial charge is 0.303 e. The van der Waals surface area contributed by atoms with E-state index in [0.29, 0.717) is 18.5 Å². The maximum atomic E-state index is 12.2. The summed E-state index contributed by atoms with van der Waals surface area (Å²) < 4.78 is 4.92. The summed E-state index contributed by atoms with van der Waals surface area (Å²) in [6.45, 7) is 0.703. The molecule has 1 unspecified atom stereocenters. The first kappa shape index (κ1) is 12.7. The van der Waals surface area contributed by atoms with E-state index in [2.05, 4.69) is 0 Å². The number of furan rings is 1. The monoisotopic (exact) mass is 251 g/mol. The van der Waals surface area contributed by atoms with Crippen molar-refractivity contribution < 1.29 is 19.1 Å². The van der Waals surface area contributed by atoms with Gasteiger partial charge in [0.2, 0.25) is 0 Å². The Kier molecular flexibility index (Phi) is 4.02. The Hall–Kier alpha value is -1.78. The van der Waals surface area contributed by atoms with E-state index in [1.807, 2.05) is 0 Å². The lowest BCUT2D eigenvalue weighted by molar-refractivity contribution is -0.137. The maximum absolute atomic E-state index is 12.2. The molecule has 0 aromatic carbocycles. The van der Waals surface area contributed by atoms with Gasteiger partial charge in [-0.15, -0.1) is 0 Å². The number of amides is 1. The van der Waals surface area contributed by atoms with E-state index < -0.39 is 5.97 Å². The summed E-state index contributed by atoms with van der Waals surface area (Å²) in [7, 11) is 0. The molecule has 5 nitrogen and oxygen atoms in total. The molecular formula is C13H17NO4. The second-order valence-electron chi connectivity index (χ2n) is 4.59. The molecule has 2 heterocycles. The maximum Gasteiger partial charge on any atom is 0.303 e. The number of likely N-dealkylation sites (tertiary alicyclic amines) is 1. The molecule has 1 saturated heterocycles. The first-order valence-corrected chi connectivity index (χ1v) is 6.23. The van der Waals surface area contributed by atoms with Crippen molar-refractivity contribution in [1.29, 1.82) is 0 Å². The van der Waals surface area contributed by atoms with Gasteiger partial charge in [0, 0.05) is 19.0 Å². The summed E-state index contributed by atoms with van der Waals surface area (Å²) >= 11 is 0. The third-order valence-corrected chi connectivity index (χ3v) is 3.35. The van der Waals surface area contributed by atoms with Crippen molar-refractivity contribution in [3.8, 4) is 0 Å². The summed E-state index contributed by atoms with van der Waals surface area (Å²) in [6.07, 6.45) is 6.47. The van der Waals surface area contributed by atoms with Gasteiger partial charge < -0.3 is 14.4 Å². The van der Waals surface area contributed by atoms with E-state index in [0.717, 1.165) is 19.3 Å². The van der Waals surface area contributed by atoms with Crippen molar-refractivity contribution in [3.63, 3.8) is 0 Å². The van der Waals surface area contributed by atoms with Crippen molar-refractivity contribution >= 4 is 11.9 Å². The number of piperidine rings is 1. The van der Waals surface area contributed by atoms with Gasteiger partial charge in [0.25, 0.3) is 5.91 Å². The number of carbonyl (C=O) groups is 2. The van der Waals surface area contributed by atoms with Crippen molar-refractivity contribution in [2.45, 2.75) is 38.1 Å². The Morgan fingerprint density at radius 1 is 1.44 bits per heavy atom. The van der Waals surface area contributed by atoms with Gasteiger partial charge in [-0.25, -0.2) is 0 Å². The highest BCUT2D eigenvalue weighted by Gasteiger charge is 2.28. The molecule has 1 aromatic heterocycles. The minimum atomic E-state index is -0.809. The standard InChI is InChI=1S/C13H17NO4/c15-12(16)5-4-11-3-1-2-7-14(11)13(17)10-6-8-18-9-10/h6,8-9,11H,1-5,7H2,(H,15,16).